The summed E-state index contributed by atoms with van der Waals surface area (Å²) in [6.45, 7) is 4.58. The highest BCUT2D eigenvalue weighted by molar-refractivity contribution is 6.00. The van der Waals surface area contributed by atoms with Crippen LogP contribution in [0.3, 0.4) is 0 Å². The molecule has 19 heteroatoms. The highest BCUT2D eigenvalue weighted by Gasteiger charge is 2.49. The molecule has 11 rings (SSSR count). The van der Waals surface area contributed by atoms with Crippen LogP contribution in [0.5, 0.6) is 0 Å². The average molecular weight is 923 g/mol. The first-order valence-corrected chi connectivity index (χ1v) is 23.8. The number of amides is 3. The molecule has 8 heterocycles. The Kier molecular flexibility index (Phi) is 10.9. The second-order valence-electron chi connectivity index (χ2n) is 19.7. The van der Waals surface area contributed by atoms with Crippen LogP contribution in [0.25, 0.3) is 16.7 Å². The fourth-order valence-corrected chi connectivity index (χ4v) is 11.7. The van der Waals surface area contributed by atoms with E-state index in [4.69, 9.17) is 5.10 Å². The fraction of sp³-hybridized carbons (Fsp3) is 0.542. The van der Waals surface area contributed by atoms with Gasteiger partial charge in [-0.3, -0.25) is 38.6 Å². The van der Waals surface area contributed by atoms with Crippen LogP contribution in [0.4, 0.5) is 36.1 Å². The Morgan fingerprint density at radius 2 is 1.72 bits per heavy atom. The molecule has 4 atom stereocenters. The molecule has 3 aromatic heterocycles. The van der Waals surface area contributed by atoms with Crippen molar-refractivity contribution in [3.05, 3.63) is 76.0 Å². The quantitative estimate of drug-likeness (QED) is 0.169. The number of aromatic nitrogens is 5. The summed E-state index contributed by atoms with van der Waals surface area (Å²) >= 11 is 0. The van der Waals surface area contributed by atoms with Crippen molar-refractivity contribution in [3.63, 3.8) is 0 Å². The molecule has 1 aliphatic carbocycles. The minimum absolute atomic E-state index is 0.120. The lowest BCUT2D eigenvalue weighted by molar-refractivity contribution is -0.136. The zero-order chi connectivity index (χ0) is 46.4. The first-order chi connectivity index (χ1) is 32.3. The Bertz CT molecular complexity index is 2840. The number of nitrogens with one attached hydrogen (secondary N) is 3. The standard InChI is InChI=1S/C48H57F3N12O4/c1-52-34-26-41(56-63-39(27-53-43(34)63)45(66)54-33-25-32(33)49)61-19-11-31-29(4-3-5-35(31)61)10-17-58-18-12-40(48(50,51)28-58)60-22-15-47(16-23-60)13-20-59(21-14-47)30-6-7-36-38(24-30)57(2)46(67)62(36)37-8-9-42(64)55-44(37)65/h3-7,24,26-27,32-33,37,40,52H,8-23,25,28H2,1-2H3,(H,54,66)(H,55,64,65)/t32-,33+,37?,40?/m0/s1. The Labute approximate surface area is 385 Å². The summed E-state index contributed by atoms with van der Waals surface area (Å²) in [5, 5.41) is 13.1. The molecule has 5 aliphatic heterocycles. The number of halogens is 3. The number of carbonyl (C=O) groups excluding carboxylic acids is 3. The maximum atomic E-state index is 16.2. The number of alkyl halides is 3. The lowest BCUT2D eigenvalue weighted by Crippen LogP contribution is -2.60. The third-order valence-electron chi connectivity index (χ3n) is 15.8. The zero-order valence-electron chi connectivity index (χ0n) is 37.9. The summed E-state index contributed by atoms with van der Waals surface area (Å²) < 4.78 is 50.5. The van der Waals surface area contributed by atoms with E-state index in [-0.39, 0.29) is 42.1 Å². The van der Waals surface area contributed by atoms with E-state index in [0.29, 0.717) is 74.7 Å². The van der Waals surface area contributed by atoms with E-state index in [9.17, 15) is 23.6 Å². The van der Waals surface area contributed by atoms with Crippen molar-refractivity contribution in [1.82, 2.24) is 44.2 Å². The molecule has 5 fully saturated rings. The molecular formula is C48H57F3N12O4. The molecule has 1 spiro atoms. The van der Waals surface area contributed by atoms with Crippen molar-refractivity contribution in [2.75, 3.05) is 74.5 Å². The number of aryl methyl sites for hydroxylation is 1. The van der Waals surface area contributed by atoms with Crippen molar-refractivity contribution in [1.29, 1.82) is 0 Å². The maximum Gasteiger partial charge on any atom is 0.329 e. The summed E-state index contributed by atoms with van der Waals surface area (Å²) in [6, 6.07) is 12.0. The number of anilines is 4. The van der Waals surface area contributed by atoms with Gasteiger partial charge < -0.3 is 20.4 Å². The zero-order valence-corrected chi connectivity index (χ0v) is 37.9. The van der Waals surface area contributed by atoms with E-state index in [2.05, 4.69) is 47.8 Å². The highest BCUT2D eigenvalue weighted by Crippen LogP contribution is 2.45. The third kappa shape index (κ3) is 7.80. The molecule has 6 aliphatic rings. The SMILES string of the molecule is CNc1cc(N2CCc3c(CCN4CCC(N5CCC6(CCN(c7ccc8c(c7)n(C)c(=O)n8C7CCC(=O)NC7=O)CC6)CC5)C(F)(F)C4)cccc32)nn2c(C(=O)N[C@@H]3C[C@@H]3F)cnc12. The largest absolute Gasteiger partial charge is 0.385 e. The van der Waals surface area contributed by atoms with Crippen molar-refractivity contribution < 1.29 is 27.6 Å². The molecule has 0 radical (unpaired) electrons. The Balaban J connectivity index is 0.691. The molecule has 2 aromatic carbocycles. The number of likely N-dealkylation sites (tertiary alicyclic amines) is 2. The van der Waals surface area contributed by atoms with Crippen LogP contribution >= 0.6 is 0 Å². The highest BCUT2D eigenvalue weighted by atomic mass is 19.3. The monoisotopic (exact) mass is 922 g/mol. The van der Waals surface area contributed by atoms with Gasteiger partial charge in [-0.15, -0.1) is 5.10 Å². The molecule has 16 nitrogen and oxygen atoms in total. The van der Waals surface area contributed by atoms with Gasteiger partial charge >= 0.3 is 5.69 Å². The van der Waals surface area contributed by atoms with Gasteiger partial charge in [0.25, 0.3) is 11.8 Å². The smallest absolute Gasteiger partial charge is 0.329 e. The van der Waals surface area contributed by atoms with Crippen molar-refractivity contribution in [2.45, 2.75) is 94.4 Å². The number of carbonyl (C=O) groups is 3. The Hall–Kier alpha value is -5.95. The molecule has 2 unspecified atom stereocenters. The van der Waals surface area contributed by atoms with Crippen LogP contribution in [0.1, 0.15) is 79.0 Å². The number of benzene rings is 2. The molecule has 1 saturated carbocycles. The molecule has 4 saturated heterocycles. The maximum absolute atomic E-state index is 16.2. The molecule has 3 N–H and O–H groups in total. The average Bonchev–Trinajstić information content (AvgIpc) is 3.60. The number of piperidine rings is 4. The van der Waals surface area contributed by atoms with E-state index in [1.807, 2.05) is 35.2 Å². The van der Waals surface area contributed by atoms with Gasteiger partial charge in [-0.05, 0) is 105 Å². The normalized spacial score (nSPS) is 25.2. The van der Waals surface area contributed by atoms with Gasteiger partial charge in [0, 0.05) is 77.1 Å². The van der Waals surface area contributed by atoms with E-state index in [1.54, 1.807) is 18.7 Å². The van der Waals surface area contributed by atoms with E-state index in [0.717, 1.165) is 67.6 Å². The number of imide groups is 1. The van der Waals surface area contributed by atoms with E-state index in [1.165, 1.54) is 20.8 Å². The molecule has 0 bridgehead atoms. The van der Waals surface area contributed by atoms with Gasteiger partial charge in [-0.1, -0.05) is 12.1 Å². The third-order valence-corrected chi connectivity index (χ3v) is 15.8. The van der Waals surface area contributed by atoms with E-state index < -0.39 is 42.0 Å². The van der Waals surface area contributed by atoms with Crippen LogP contribution in [-0.4, -0.2) is 135 Å². The van der Waals surface area contributed by atoms with Gasteiger partial charge in [-0.2, -0.15) is 0 Å². The van der Waals surface area contributed by atoms with Crippen molar-refractivity contribution >= 4 is 57.3 Å². The van der Waals surface area contributed by atoms with Gasteiger partial charge in [0.15, 0.2) is 17.2 Å². The van der Waals surface area contributed by atoms with Crippen LogP contribution in [0.15, 0.2) is 53.5 Å². The second kappa shape index (κ2) is 16.7. The predicted octanol–water partition coefficient (Wildman–Crippen LogP) is 4.57. The summed E-state index contributed by atoms with van der Waals surface area (Å²) in [7, 11) is 3.49. The van der Waals surface area contributed by atoms with Crippen LogP contribution in [0.2, 0.25) is 0 Å². The summed E-state index contributed by atoms with van der Waals surface area (Å²) in [6.07, 6.45) is 6.80. The number of hydrogen-bond acceptors (Lipinski definition) is 11. The molecular weight excluding hydrogens is 866 g/mol. The van der Waals surface area contributed by atoms with Crippen LogP contribution in [-0.2, 0) is 29.5 Å². The minimum atomic E-state index is -2.83. The Morgan fingerprint density at radius 1 is 0.940 bits per heavy atom. The summed E-state index contributed by atoms with van der Waals surface area (Å²) in [5.41, 5.74) is 6.97. The van der Waals surface area contributed by atoms with Gasteiger partial charge in [0.2, 0.25) is 11.8 Å². The van der Waals surface area contributed by atoms with Gasteiger partial charge in [0.05, 0.1) is 41.5 Å². The summed E-state index contributed by atoms with van der Waals surface area (Å²) in [5.74, 6) is -3.39. The predicted molar refractivity (Wildman–Crippen MR) is 247 cm³/mol. The van der Waals surface area contributed by atoms with Crippen LogP contribution < -0.4 is 31.4 Å². The number of hydrogen-bond donors (Lipinski definition) is 3. The second-order valence-corrected chi connectivity index (χ2v) is 19.7. The van der Waals surface area contributed by atoms with Crippen molar-refractivity contribution in [2.24, 2.45) is 12.5 Å². The van der Waals surface area contributed by atoms with Gasteiger partial charge in [0.1, 0.15) is 12.2 Å². The number of nitrogens with zero attached hydrogens (tertiary/aromatic N) is 9. The number of imidazole rings is 2. The molecule has 5 aromatic rings. The van der Waals surface area contributed by atoms with Crippen molar-refractivity contribution in [3.8, 4) is 0 Å². The molecule has 3 amide bonds. The summed E-state index contributed by atoms with van der Waals surface area (Å²) in [4.78, 5) is 63.6. The first-order valence-electron chi connectivity index (χ1n) is 23.8. The molecule has 354 valence electrons. The van der Waals surface area contributed by atoms with Gasteiger partial charge in [-0.25, -0.2) is 27.5 Å². The van der Waals surface area contributed by atoms with Crippen LogP contribution in [0, 0.1) is 5.41 Å². The Morgan fingerprint density at radius 3 is 2.45 bits per heavy atom. The lowest BCUT2D eigenvalue weighted by atomic mass is 9.70. The van der Waals surface area contributed by atoms with E-state index >= 15 is 8.78 Å². The topological polar surface area (TPSA) is 157 Å². The molecule has 67 heavy (non-hydrogen) atoms. The lowest BCUT2D eigenvalue weighted by Gasteiger charge is -2.51. The number of fused-ring (bicyclic) bond motifs is 3. The number of rotatable bonds is 10. The first kappa shape index (κ1) is 43.6. The minimum Gasteiger partial charge on any atom is -0.385 e. The fourth-order valence-electron chi connectivity index (χ4n) is 11.7.